The number of ether oxygens (including phenoxy) is 2. The molecular formula is C15H20N2O5S. The number of hydrogen-bond donors (Lipinski definition) is 1. The number of sulfonamides is 1. The highest BCUT2D eigenvalue weighted by atomic mass is 32.2. The van der Waals surface area contributed by atoms with Gasteiger partial charge in [-0.15, -0.1) is 0 Å². The molecule has 2 aromatic rings. The van der Waals surface area contributed by atoms with E-state index in [1.54, 1.807) is 45.2 Å². The van der Waals surface area contributed by atoms with Gasteiger partial charge in [-0.2, -0.15) is 0 Å². The van der Waals surface area contributed by atoms with E-state index >= 15 is 0 Å². The molecule has 0 radical (unpaired) electrons. The first-order valence-electron chi connectivity index (χ1n) is 6.98. The van der Waals surface area contributed by atoms with Crippen LogP contribution in [0.5, 0.6) is 11.5 Å². The number of benzene rings is 1. The third kappa shape index (κ3) is 4.46. The molecule has 0 fully saturated rings. The molecule has 23 heavy (non-hydrogen) atoms. The van der Waals surface area contributed by atoms with Gasteiger partial charge in [0.05, 0.1) is 19.9 Å². The van der Waals surface area contributed by atoms with Crippen molar-refractivity contribution in [3.05, 3.63) is 41.3 Å². The van der Waals surface area contributed by atoms with Gasteiger partial charge in [0.15, 0.2) is 5.76 Å². The van der Waals surface area contributed by atoms with E-state index in [4.69, 9.17) is 14.0 Å². The molecule has 0 aliphatic heterocycles. The summed E-state index contributed by atoms with van der Waals surface area (Å²) in [7, 11) is -0.514. The fourth-order valence-electron chi connectivity index (χ4n) is 2.22. The molecule has 0 spiro atoms. The molecule has 0 bridgehead atoms. The highest BCUT2D eigenvalue weighted by Crippen LogP contribution is 2.29. The van der Waals surface area contributed by atoms with E-state index in [1.807, 2.05) is 0 Å². The van der Waals surface area contributed by atoms with E-state index in [0.29, 0.717) is 28.5 Å². The Morgan fingerprint density at radius 1 is 1.26 bits per heavy atom. The molecule has 1 N–H and O–H groups in total. The molecule has 0 amide bonds. The van der Waals surface area contributed by atoms with Gasteiger partial charge in [-0.25, -0.2) is 13.1 Å². The second-order valence-corrected chi connectivity index (χ2v) is 6.89. The lowest BCUT2D eigenvalue weighted by Gasteiger charge is -2.18. The van der Waals surface area contributed by atoms with Gasteiger partial charge in [-0.1, -0.05) is 5.16 Å². The number of hydrogen-bond acceptors (Lipinski definition) is 6. The van der Waals surface area contributed by atoms with Gasteiger partial charge >= 0.3 is 0 Å². The molecule has 8 heteroatoms. The van der Waals surface area contributed by atoms with E-state index in [-0.39, 0.29) is 5.75 Å². The Morgan fingerprint density at radius 2 is 2.00 bits per heavy atom. The van der Waals surface area contributed by atoms with Crippen molar-refractivity contribution in [3.63, 3.8) is 0 Å². The molecule has 1 aromatic carbocycles. The van der Waals surface area contributed by atoms with Crippen LogP contribution in [0, 0.1) is 6.92 Å². The van der Waals surface area contributed by atoms with Crippen molar-refractivity contribution in [2.24, 2.45) is 0 Å². The zero-order valence-corrected chi connectivity index (χ0v) is 14.3. The van der Waals surface area contributed by atoms with Crippen LogP contribution in [0.2, 0.25) is 0 Å². The number of aryl methyl sites for hydroxylation is 1. The minimum Gasteiger partial charge on any atom is -0.497 e. The summed E-state index contributed by atoms with van der Waals surface area (Å²) in [5.41, 5.74) is 1.32. The Kier molecular flexibility index (Phi) is 5.27. The molecule has 1 aromatic heterocycles. The summed E-state index contributed by atoms with van der Waals surface area (Å²) in [6, 6.07) is 6.33. The van der Waals surface area contributed by atoms with Crippen LogP contribution in [-0.2, 0) is 15.8 Å². The van der Waals surface area contributed by atoms with Crippen LogP contribution in [0.25, 0.3) is 0 Å². The summed E-state index contributed by atoms with van der Waals surface area (Å²) >= 11 is 0. The molecule has 126 valence electrons. The van der Waals surface area contributed by atoms with E-state index in [2.05, 4.69) is 9.88 Å². The van der Waals surface area contributed by atoms with Crippen molar-refractivity contribution >= 4 is 10.0 Å². The minimum atomic E-state index is -3.59. The molecule has 0 aliphatic carbocycles. The molecule has 0 saturated carbocycles. The van der Waals surface area contributed by atoms with Crippen LogP contribution >= 0.6 is 0 Å². The summed E-state index contributed by atoms with van der Waals surface area (Å²) < 4.78 is 42.6. The lowest BCUT2D eigenvalue weighted by atomic mass is 10.1. The average molecular weight is 340 g/mol. The predicted octanol–water partition coefficient (Wildman–Crippen LogP) is 2.18. The lowest BCUT2D eigenvalue weighted by Crippen LogP contribution is -2.28. The van der Waals surface area contributed by atoms with Gasteiger partial charge in [-0.05, 0) is 32.0 Å². The van der Waals surface area contributed by atoms with Crippen molar-refractivity contribution in [2.45, 2.75) is 25.6 Å². The monoisotopic (exact) mass is 340 g/mol. The molecule has 7 nitrogen and oxygen atoms in total. The molecule has 0 aliphatic rings. The van der Waals surface area contributed by atoms with Crippen LogP contribution in [0.3, 0.4) is 0 Å². The number of nitrogens with zero attached hydrogens (tertiary/aromatic N) is 1. The van der Waals surface area contributed by atoms with E-state index < -0.39 is 16.1 Å². The normalized spacial score (nSPS) is 12.9. The maximum Gasteiger partial charge on any atom is 0.219 e. The highest BCUT2D eigenvalue weighted by Gasteiger charge is 2.21. The van der Waals surface area contributed by atoms with Gasteiger partial charge in [0.1, 0.15) is 17.3 Å². The van der Waals surface area contributed by atoms with E-state index in [1.165, 1.54) is 7.11 Å². The average Bonchev–Trinajstić information content (AvgIpc) is 2.90. The smallest absolute Gasteiger partial charge is 0.219 e. The Bertz CT molecular complexity index is 770. The molecule has 2 rings (SSSR count). The number of methoxy groups -OCH3 is 2. The van der Waals surface area contributed by atoms with Gasteiger partial charge < -0.3 is 14.0 Å². The summed E-state index contributed by atoms with van der Waals surface area (Å²) in [5, 5.41) is 3.68. The van der Waals surface area contributed by atoms with Crippen molar-refractivity contribution in [2.75, 3.05) is 14.2 Å². The van der Waals surface area contributed by atoms with Crippen molar-refractivity contribution < 1.29 is 22.4 Å². The first kappa shape index (κ1) is 17.3. The Balaban J connectivity index is 2.18. The summed E-state index contributed by atoms with van der Waals surface area (Å²) in [5.74, 6) is 1.22. The van der Waals surface area contributed by atoms with Crippen LogP contribution in [0.1, 0.15) is 30.0 Å². The van der Waals surface area contributed by atoms with Crippen LogP contribution in [0.4, 0.5) is 0 Å². The zero-order valence-electron chi connectivity index (χ0n) is 13.5. The van der Waals surface area contributed by atoms with Crippen molar-refractivity contribution in [1.29, 1.82) is 0 Å². The van der Waals surface area contributed by atoms with Gasteiger partial charge in [-0.3, -0.25) is 0 Å². The maximum absolute atomic E-state index is 12.3. The fraction of sp³-hybridized carbons (Fsp3) is 0.400. The lowest BCUT2D eigenvalue weighted by molar-refractivity contribution is 0.387. The quantitative estimate of drug-likeness (QED) is 0.831. The number of aromatic nitrogens is 1. The van der Waals surface area contributed by atoms with Gasteiger partial charge in [0.2, 0.25) is 10.0 Å². The maximum atomic E-state index is 12.3. The first-order valence-corrected chi connectivity index (χ1v) is 8.64. The largest absolute Gasteiger partial charge is 0.497 e. The highest BCUT2D eigenvalue weighted by molar-refractivity contribution is 7.88. The topological polar surface area (TPSA) is 90.7 Å². The van der Waals surface area contributed by atoms with Crippen molar-refractivity contribution in [3.8, 4) is 11.5 Å². The molecular weight excluding hydrogens is 320 g/mol. The Morgan fingerprint density at radius 3 is 2.57 bits per heavy atom. The number of rotatable bonds is 7. The fourth-order valence-corrected chi connectivity index (χ4v) is 3.48. The standard InChI is InChI=1S/C15H20N2O5S/c1-10-7-13(22-16-10)9-23(18,19)17-11(2)14-8-12(20-3)5-6-15(14)21-4/h5-8,11,17H,9H2,1-4H3. The van der Waals surface area contributed by atoms with Crippen LogP contribution < -0.4 is 14.2 Å². The Labute approximate surface area is 135 Å². The third-order valence-corrected chi connectivity index (χ3v) is 4.65. The van der Waals surface area contributed by atoms with Crippen LogP contribution in [-0.4, -0.2) is 27.8 Å². The SMILES string of the molecule is COc1ccc(OC)c(C(C)NS(=O)(=O)Cc2cc(C)no2)c1. The number of nitrogens with one attached hydrogen (secondary N) is 1. The second kappa shape index (κ2) is 7.01. The minimum absolute atomic E-state index is 0.273. The van der Waals surface area contributed by atoms with Gasteiger partial charge in [0.25, 0.3) is 0 Å². The molecule has 1 unspecified atom stereocenters. The molecule has 0 saturated heterocycles. The first-order chi connectivity index (χ1) is 10.8. The second-order valence-electron chi connectivity index (χ2n) is 5.14. The Hall–Kier alpha value is -2.06. The van der Waals surface area contributed by atoms with Gasteiger partial charge in [0, 0.05) is 17.7 Å². The van der Waals surface area contributed by atoms with Crippen LogP contribution in [0.15, 0.2) is 28.8 Å². The third-order valence-electron chi connectivity index (χ3n) is 3.27. The predicted molar refractivity (Wildman–Crippen MR) is 85.0 cm³/mol. The van der Waals surface area contributed by atoms with E-state index in [0.717, 1.165) is 0 Å². The van der Waals surface area contributed by atoms with E-state index in [9.17, 15) is 8.42 Å². The molecule has 1 heterocycles. The molecule has 1 atom stereocenters. The summed E-state index contributed by atoms with van der Waals surface area (Å²) in [6.07, 6.45) is 0. The zero-order chi connectivity index (χ0) is 17.0. The summed E-state index contributed by atoms with van der Waals surface area (Å²) in [4.78, 5) is 0. The summed E-state index contributed by atoms with van der Waals surface area (Å²) in [6.45, 7) is 3.47. The van der Waals surface area contributed by atoms with Crippen molar-refractivity contribution in [1.82, 2.24) is 9.88 Å².